The number of hydrogen-bond acceptors (Lipinski definition) is 10. The molecule has 4 aromatic rings. The maximum Gasteiger partial charge on any atom is 0.270 e. The Hall–Kier alpha value is -4.38. The van der Waals surface area contributed by atoms with Gasteiger partial charge < -0.3 is 15.0 Å². The molecule has 1 aliphatic rings. The number of halogens is 1. The smallest absolute Gasteiger partial charge is 0.270 e. The lowest BCUT2D eigenvalue weighted by molar-refractivity contribution is 0.122. The van der Waals surface area contributed by atoms with Gasteiger partial charge in [0.25, 0.3) is 5.95 Å². The number of morpholine rings is 1. The molecule has 0 amide bonds. The molecule has 0 bridgehead atoms. The van der Waals surface area contributed by atoms with Crippen LogP contribution in [0.1, 0.15) is 11.3 Å². The fourth-order valence-corrected chi connectivity index (χ4v) is 3.79. The Kier molecular flexibility index (Phi) is 7.08. The van der Waals surface area contributed by atoms with Gasteiger partial charge in [0, 0.05) is 30.5 Å². The van der Waals surface area contributed by atoms with E-state index in [0.717, 1.165) is 40.1 Å². The molecule has 4 heterocycles. The quantitative estimate of drug-likeness (QED) is 0.377. The van der Waals surface area contributed by atoms with Crippen molar-refractivity contribution in [1.82, 2.24) is 24.9 Å². The van der Waals surface area contributed by atoms with E-state index in [1.165, 1.54) is 6.33 Å². The Morgan fingerprint density at radius 3 is 2.69 bits per heavy atom. The van der Waals surface area contributed by atoms with Gasteiger partial charge in [-0.3, -0.25) is 4.98 Å². The van der Waals surface area contributed by atoms with Crippen LogP contribution in [0.2, 0.25) is 0 Å². The van der Waals surface area contributed by atoms with E-state index in [1.54, 1.807) is 12.4 Å². The number of pyridine rings is 1. The summed E-state index contributed by atoms with van der Waals surface area (Å²) < 4.78 is 19.5. The summed E-state index contributed by atoms with van der Waals surface area (Å²) in [5.74, 6) is -0.164. The molecule has 11 heteroatoms. The van der Waals surface area contributed by atoms with Crippen molar-refractivity contribution in [3.8, 4) is 11.3 Å². The molecule has 36 heavy (non-hydrogen) atoms. The van der Waals surface area contributed by atoms with E-state index in [-0.39, 0.29) is 18.3 Å². The third-order valence-electron chi connectivity index (χ3n) is 5.48. The van der Waals surface area contributed by atoms with Crippen molar-refractivity contribution in [2.45, 2.75) is 13.5 Å². The number of azo groups is 1. The van der Waals surface area contributed by atoms with E-state index in [4.69, 9.17) is 4.74 Å². The van der Waals surface area contributed by atoms with Gasteiger partial charge in [-0.2, -0.15) is 10.1 Å². The maximum atomic E-state index is 14.2. The third kappa shape index (κ3) is 5.81. The van der Waals surface area contributed by atoms with Gasteiger partial charge in [-0.15, -0.1) is 5.11 Å². The minimum atomic E-state index is -0.488. The summed E-state index contributed by atoms with van der Waals surface area (Å²) in [6.45, 7) is 4.49. The van der Waals surface area contributed by atoms with Gasteiger partial charge in [-0.25, -0.2) is 19.3 Å². The van der Waals surface area contributed by atoms with Crippen molar-refractivity contribution in [2.75, 3.05) is 36.5 Å². The molecule has 0 radical (unpaired) electrons. The zero-order valence-corrected chi connectivity index (χ0v) is 19.7. The average molecular weight is 486 g/mol. The lowest BCUT2D eigenvalue weighted by Gasteiger charge is -2.27. The van der Waals surface area contributed by atoms with Gasteiger partial charge in [-0.1, -0.05) is 0 Å². The molecule has 0 unspecified atom stereocenters. The molecule has 0 saturated carbocycles. The predicted molar refractivity (Wildman–Crippen MR) is 133 cm³/mol. The van der Waals surface area contributed by atoms with Crippen LogP contribution in [0.15, 0.2) is 71.5 Å². The molecule has 182 valence electrons. The van der Waals surface area contributed by atoms with Gasteiger partial charge >= 0.3 is 0 Å². The highest BCUT2D eigenvalue weighted by molar-refractivity contribution is 5.69. The van der Waals surface area contributed by atoms with E-state index in [2.05, 4.69) is 52.6 Å². The second-order valence-electron chi connectivity index (χ2n) is 8.19. The Bertz CT molecular complexity index is 1340. The molecule has 1 aliphatic heterocycles. The summed E-state index contributed by atoms with van der Waals surface area (Å²) in [5.41, 5.74) is 5.47. The number of hydrogen-bond donors (Lipinski definition) is 1. The minimum absolute atomic E-state index is 0.107. The largest absolute Gasteiger partial charge is 0.378 e. The highest BCUT2D eigenvalue weighted by Crippen LogP contribution is 2.25. The first-order valence-corrected chi connectivity index (χ1v) is 11.5. The van der Waals surface area contributed by atoms with Crippen molar-refractivity contribution >= 4 is 23.1 Å². The molecule has 3 aromatic heterocycles. The fourth-order valence-electron chi connectivity index (χ4n) is 3.79. The van der Waals surface area contributed by atoms with E-state index >= 15 is 0 Å². The summed E-state index contributed by atoms with van der Waals surface area (Å²) >= 11 is 0. The molecule has 1 aromatic carbocycles. The summed E-state index contributed by atoms with van der Waals surface area (Å²) in [7, 11) is 0. The van der Waals surface area contributed by atoms with Crippen molar-refractivity contribution in [3.63, 3.8) is 0 Å². The van der Waals surface area contributed by atoms with Crippen molar-refractivity contribution in [3.05, 3.63) is 78.4 Å². The Labute approximate surface area is 207 Å². The van der Waals surface area contributed by atoms with Gasteiger partial charge in [0.15, 0.2) is 11.6 Å². The van der Waals surface area contributed by atoms with E-state index in [1.807, 2.05) is 36.1 Å². The summed E-state index contributed by atoms with van der Waals surface area (Å²) in [6.07, 6.45) is 6.12. The Balaban J connectivity index is 1.22. The molecule has 0 spiro atoms. The first kappa shape index (κ1) is 23.4. The van der Waals surface area contributed by atoms with E-state index in [9.17, 15) is 4.39 Å². The Morgan fingerprint density at radius 1 is 1.03 bits per heavy atom. The van der Waals surface area contributed by atoms with Crippen molar-refractivity contribution < 1.29 is 9.13 Å². The number of benzene rings is 1. The van der Waals surface area contributed by atoms with Crippen LogP contribution in [0.5, 0.6) is 0 Å². The van der Waals surface area contributed by atoms with Gasteiger partial charge in [0.2, 0.25) is 0 Å². The first-order valence-electron chi connectivity index (χ1n) is 11.5. The van der Waals surface area contributed by atoms with Gasteiger partial charge in [0.1, 0.15) is 12.9 Å². The van der Waals surface area contributed by atoms with Gasteiger partial charge in [0.05, 0.1) is 42.7 Å². The van der Waals surface area contributed by atoms with Crippen LogP contribution in [0.4, 0.5) is 27.5 Å². The SMILES string of the molecule is Cc1cc(Nc2ccc(CN=Nc3ncc(F)c(N4CCOCC4)n3)nc2)cc(-c2ccncn2)c1. The minimum Gasteiger partial charge on any atom is -0.378 e. The second-order valence-corrected chi connectivity index (χ2v) is 8.19. The molecular weight excluding hydrogens is 461 g/mol. The molecule has 1 fully saturated rings. The molecule has 1 N–H and O–H groups in total. The number of aryl methyl sites for hydroxylation is 1. The number of anilines is 3. The number of rotatable bonds is 7. The standard InChI is InChI=1S/C25H24FN9O/c1-17-10-18(23-4-5-27-16-30-23)12-21(11-17)32-20-3-2-19(28-13-20)14-31-34-25-29-15-22(26)24(33-25)35-6-8-36-9-7-35/h2-5,10-13,15-16,32H,6-9,14H2,1H3. The van der Waals surface area contributed by atoms with E-state index in [0.29, 0.717) is 26.3 Å². The summed E-state index contributed by atoms with van der Waals surface area (Å²) in [5, 5.41) is 11.6. The molecular formula is C25H24FN9O. The molecule has 0 atom stereocenters. The molecule has 1 saturated heterocycles. The van der Waals surface area contributed by atoms with Crippen LogP contribution >= 0.6 is 0 Å². The lowest BCUT2D eigenvalue weighted by atomic mass is 10.1. The third-order valence-corrected chi connectivity index (χ3v) is 5.48. The normalized spacial score (nSPS) is 13.8. The number of nitrogens with zero attached hydrogens (tertiary/aromatic N) is 8. The van der Waals surface area contributed by atoms with Crippen LogP contribution in [-0.4, -0.2) is 51.2 Å². The van der Waals surface area contributed by atoms with E-state index < -0.39 is 5.82 Å². The van der Waals surface area contributed by atoms with Crippen LogP contribution < -0.4 is 10.2 Å². The summed E-state index contributed by atoms with van der Waals surface area (Å²) in [4.78, 5) is 22.7. The topological polar surface area (TPSA) is 114 Å². The van der Waals surface area contributed by atoms with Crippen LogP contribution in [-0.2, 0) is 11.3 Å². The lowest BCUT2D eigenvalue weighted by Crippen LogP contribution is -2.37. The number of nitrogens with one attached hydrogen (secondary N) is 1. The number of ether oxygens (including phenoxy) is 1. The van der Waals surface area contributed by atoms with Crippen LogP contribution in [0.3, 0.4) is 0 Å². The molecule has 0 aliphatic carbocycles. The van der Waals surface area contributed by atoms with Crippen molar-refractivity contribution in [1.29, 1.82) is 0 Å². The monoisotopic (exact) mass is 485 g/mol. The predicted octanol–water partition coefficient (Wildman–Crippen LogP) is 4.64. The van der Waals surface area contributed by atoms with Crippen LogP contribution in [0, 0.1) is 12.7 Å². The zero-order valence-electron chi connectivity index (χ0n) is 19.7. The van der Waals surface area contributed by atoms with Crippen molar-refractivity contribution in [2.24, 2.45) is 10.2 Å². The average Bonchev–Trinajstić information content (AvgIpc) is 2.91. The first-order chi connectivity index (χ1) is 17.6. The highest BCUT2D eigenvalue weighted by Gasteiger charge is 2.17. The molecule has 10 nitrogen and oxygen atoms in total. The second kappa shape index (κ2) is 10.9. The van der Waals surface area contributed by atoms with Crippen LogP contribution in [0.25, 0.3) is 11.3 Å². The summed E-state index contributed by atoms with van der Waals surface area (Å²) in [6, 6.07) is 11.8. The fraction of sp³-hybridized carbons (Fsp3) is 0.240. The zero-order chi connectivity index (χ0) is 24.7. The number of aromatic nitrogens is 5. The maximum absolute atomic E-state index is 14.2. The molecule has 5 rings (SSSR count). The Morgan fingerprint density at radius 2 is 1.92 bits per heavy atom. The van der Waals surface area contributed by atoms with Gasteiger partial charge in [-0.05, 0) is 48.9 Å². The highest BCUT2D eigenvalue weighted by atomic mass is 19.1.